The zero-order valence-corrected chi connectivity index (χ0v) is 9.53. The van der Waals surface area contributed by atoms with Gasteiger partial charge in [-0.3, -0.25) is 4.79 Å². The molecule has 2 amide bonds. The molecule has 0 saturated heterocycles. The van der Waals surface area contributed by atoms with Crippen molar-refractivity contribution in [1.82, 2.24) is 0 Å². The molecule has 0 radical (unpaired) electrons. The summed E-state index contributed by atoms with van der Waals surface area (Å²) >= 11 is 0. The van der Waals surface area contributed by atoms with Gasteiger partial charge in [0.05, 0.1) is 0 Å². The number of ketones is 1. The van der Waals surface area contributed by atoms with E-state index < -0.39 is 27.6 Å². The lowest BCUT2D eigenvalue weighted by atomic mass is 10.1. The molecule has 0 aliphatic carbocycles. The van der Waals surface area contributed by atoms with Crippen molar-refractivity contribution in [2.75, 3.05) is 11.1 Å². The molecule has 92 valence electrons. The summed E-state index contributed by atoms with van der Waals surface area (Å²) in [5.41, 5.74) is 5.33. The molecule has 17 heavy (non-hydrogen) atoms. The van der Waals surface area contributed by atoms with Crippen LogP contribution in [-0.4, -0.2) is 26.0 Å². The van der Waals surface area contributed by atoms with E-state index in [1.165, 1.54) is 24.3 Å². The Balaban J connectivity index is 2.92. The van der Waals surface area contributed by atoms with Crippen LogP contribution in [0.15, 0.2) is 24.3 Å². The molecule has 0 fully saturated rings. The molecule has 5 N–H and O–H groups in total. The fourth-order valence-corrected chi connectivity index (χ4v) is 1.71. The van der Waals surface area contributed by atoms with E-state index in [2.05, 4.69) is 5.32 Å². The number of carbonyl (C=O) groups is 2. The summed E-state index contributed by atoms with van der Waals surface area (Å²) in [5.74, 6) is -1.44. The van der Waals surface area contributed by atoms with Gasteiger partial charge in [-0.25, -0.2) is 18.4 Å². The topological polar surface area (TPSA) is 132 Å². The number of Topliss-reactive ketones (excluding diaryl/α,β-unsaturated/α-hetero) is 1. The Kier molecular flexibility index (Phi) is 3.81. The van der Waals surface area contributed by atoms with Crippen molar-refractivity contribution in [3.63, 3.8) is 0 Å². The lowest BCUT2D eigenvalue weighted by Gasteiger charge is -2.04. The first-order valence-corrected chi connectivity index (χ1v) is 6.19. The van der Waals surface area contributed by atoms with E-state index in [0.717, 1.165) is 0 Å². The van der Waals surface area contributed by atoms with Gasteiger partial charge in [0.25, 0.3) is 0 Å². The number of hydrogen-bond donors (Lipinski definition) is 3. The molecule has 0 atom stereocenters. The first-order valence-electron chi connectivity index (χ1n) is 4.48. The molecule has 0 bridgehead atoms. The minimum atomic E-state index is -3.87. The minimum absolute atomic E-state index is 0.130. The summed E-state index contributed by atoms with van der Waals surface area (Å²) in [4.78, 5) is 22.1. The maximum Gasteiger partial charge on any atom is 0.316 e. The number of primary amides is 1. The highest BCUT2D eigenvalue weighted by atomic mass is 32.2. The third-order valence-electron chi connectivity index (χ3n) is 1.78. The normalized spacial score (nSPS) is 10.9. The highest BCUT2D eigenvalue weighted by Gasteiger charge is 2.14. The maximum atomic E-state index is 11.5. The second-order valence-electron chi connectivity index (χ2n) is 3.30. The van der Waals surface area contributed by atoms with Crippen molar-refractivity contribution < 1.29 is 18.0 Å². The fourth-order valence-electron chi connectivity index (χ4n) is 1.18. The van der Waals surface area contributed by atoms with Crippen molar-refractivity contribution in [2.45, 2.75) is 0 Å². The van der Waals surface area contributed by atoms with Gasteiger partial charge in [0.15, 0.2) is 5.78 Å². The van der Waals surface area contributed by atoms with Crippen molar-refractivity contribution in [1.29, 1.82) is 0 Å². The molecule has 1 aromatic carbocycles. The molecule has 1 aromatic rings. The number of nitrogens with one attached hydrogen (secondary N) is 1. The molecule has 0 aromatic heterocycles. The van der Waals surface area contributed by atoms with E-state index in [1.807, 2.05) is 0 Å². The number of nitrogens with two attached hydrogens (primary N) is 2. The number of primary sulfonamides is 1. The molecule has 0 spiro atoms. The van der Waals surface area contributed by atoms with Gasteiger partial charge in [-0.2, -0.15) is 0 Å². The van der Waals surface area contributed by atoms with E-state index in [0.29, 0.717) is 5.69 Å². The van der Waals surface area contributed by atoms with Gasteiger partial charge >= 0.3 is 6.03 Å². The van der Waals surface area contributed by atoms with Crippen LogP contribution < -0.4 is 16.2 Å². The molecule has 0 saturated carbocycles. The Bertz CT molecular complexity index is 553. The molecule has 0 aliphatic rings. The van der Waals surface area contributed by atoms with Crippen LogP contribution in [0.3, 0.4) is 0 Å². The van der Waals surface area contributed by atoms with Crippen molar-refractivity contribution in [3.05, 3.63) is 29.8 Å². The molecule has 0 heterocycles. The van der Waals surface area contributed by atoms with Crippen LogP contribution in [0.5, 0.6) is 0 Å². The van der Waals surface area contributed by atoms with Crippen LogP contribution in [0.1, 0.15) is 10.4 Å². The second-order valence-corrected chi connectivity index (χ2v) is 4.91. The largest absolute Gasteiger partial charge is 0.351 e. The zero-order chi connectivity index (χ0) is 13.1. The Labute approximate surface area is 97.8 Å². The van der Waals surface area contributed by atoms with Crippen LogP contribution in [-0.2, 0) is 10.0 Å². The van der Waals surface area contributed by atoms with Crippen molar-refractivity contribution in [2.24, 2.45) is 10.9 Å². The zero-order valence-electron chi connectivity index (χ0n) is 8.71. The molecule has 1 rings (SSSR count). The summed E-state index contributed by atoms with van der Waals surface area (Å²) in [6, 6.07) is 4.96. The van der Waals surface area contributed by atoms with Crippen LogP contribution in [0.4, 0.5) is 10.5 Å². The molecule has 0 aliphatic heterocycles. The first-order chi connectivity index (χ1) is 7.78. The van der Waals surface area contributed by atoms with Crippen LogP contribution in [0, 0.1) is 0 Å². The summed E-state index contributed by atoms with van der Waals surface area (Å²) in [6.45, 7) is 0. The quantitative estimate of drug-likeness (QED) is 0.635. The van der Waals surface area contributed by atoms with Gasteiger partial charge in [-0.15, -0.1) is 0 Å². The second kappa shape index (κ2) is 4.93. The highest BCUT2D eigenvalue weighted by molar-refractivity contribution is 7.89. The first kappa shape index (κ1) is 13.1. The summed E-state index contributed by atoms with van der Waals surface area (Å²) < 4.78 is 21.5. The third-order valence-corrected chi connectivity index (χ3v) is 2.45. The monoisotopic (exact) mass is 257 g/mol. The van der Waals surface area contributed by atoms with Gasteiger partial charge in [0.1, 0.15) is 5.75 Å². The average Bonchev–Trinajstić information content (AvgIpc) is 2.14. The lowest BCUT2D eigenvalue weighted by molar-refractivity contribution is 0.102. The summed E-state index contributed by atoms with van der Waals surface area (Å²) in [7, 11) is -3.87. The molecular weight excluding hydrogens is 246 g/mol. The number of benzene rings is 1. The van der Waals surface area contributed by atoms with Crippen molar-refractivity contribution >= 4 is 27.5 Å². The Morgan fingerprint density at radius 3 is 2.47 bits per heavy atom. The van der Waals surface area contributed by atoms with E-state index >= 15 is 0 Å². The number of anilines is 1. The van der Waals surface area contributed by atoms with Gasteiger partial charge in [0.2, 0.25) is 10.0 Å². The van der Waals surface area contributed by atoms with E-state index in [4.69, 9.17) is 10.9 Å². The van der Waals surface area contributed by atoms with E-state index in [-0.39, 0.29) is 5.56 Å². The predicted octanol–water partition coefficient (Wildman–Crippen LogP) is -0.352. The Hall–Kier alpha value is -1.93. The smallest absolute Gasteiger partial charge is 0.316 e. The maximum absolute atomic E-state index is 11.5. The highest BCUT2D eigenvalue weighted by Crippen LogP contribution is 2.11. The van der Waals surface area contributed by atoms with Gasteiger partial charge < -0.3 is 11.1 Å². The van der Waals surface area contributed by atoms with Crippen LogP contribution >= 0.6 is 0 Å². The molecule has 7 nitrogen and oxygen atoms in total. The summed E-state index contributed by atoms with van der Waals surface area (Å²) in [5, 5.41) is 7.02. The van der Waals surface area contributed by atoms with E-state index in [1.54, 1.807) is 0 Å². The number of urea groups is 1. The molecule has 8 heteroatoms. The van der Waals surface area contributed by atoms with Gasteiger partial charge in [-0.05, 0) is 12.1 Å². The third kappa shape index (κ3) is 4.62. The van der Waals surface area contributed by atoms with Crippen molar-refractivity contribution in [3.8, 4) is 0 Å². The average molecular weight is 257 g/mol. The van der Waals surface area contributed by atoms with Crippen LogP contribution in [0.25, 0.3) is 0 Å². The molecular formula is C9H11N3O4S. The van der Waals surface area contributed by atoms with Gasteiger partial charge in [-0.1, -0.05) is 12.1 Å². The van der Waals surface area contributed by atoms with Crippen LogP contribution in [0.2, 0.25) is 0 Å². The lowest BCUT2D eigenvalue weighted by Crippen LogP contribution is -2.23. The summed E-state index contributed by atoms with van der Waals surface area (Å²) in [6.07, 6.45) is 0. The fraction of sp³-hybridized carbons (Fsp3) is 0.111. The minimum Gasteiger partial charge on any atom is -0.351 e. The number of hydrogen-bond acceptors (Lipinski definition) is 4. The number of rotatable bonds is 4. The number of sulfonamides is 1. The number of amides is 2. The Morgan fingerprint density at radius 1 is 1.29 bits per heavy atom. The Morgan fingerprint density at radius 2 is 1.94 bits per heavy atom. The standard InChI is InChI=1S/C9H11N3O4S/c10-9(14)12-7-3-1-2-6(4-7)8(13)5-17(11,15)16/h1-4H,5H2,(H3,10,12,14)(H2,11,15,16). The molecule has 0 unspecified atom stereocenters. The van der Waals surface area contributed by atoms with E-state index in [9.17, 15) is 18.0 Å². The van der Waals surface area contributed by atoms with Gasteiger partial charge in [0, 0.05) is 11.3 Å². The SMILES string of the molecule is NC(=O)Nc1cccc(C(=O)CS(N)(=O)=O)c1. The number of carbonyl (C=O) groups excluding carboxylic acids is 2. The predicted molar refractivity (Wildman–Crippen MR) is 62.0 cm³/mol.